The fourth-order valence-electron chi connectivity index (χ4n) is 1.14. The second-order valence-electron chi connectivity index (χ2n) is 3.99. The smallest absolute Gasteiger partial charge is 0.321 e. The zero-order valence-corrected chi connectivity index (χ0v) is 10.2. The van der Waals surface area contributed by atoms with Crippen molar-refractivity contribution >= 4 is 11.9 Å². The van der Waals surface area contributed by atoms with E-state index in [4.69, 9.17) is 5.11 Å². The second kappa shape index (κ2) is 7.19. The van der Waals surface area contributed by atoms with Gasteiger partial charge in [0, 0.05) is 13.1 Å². The van der Waals surface area contributed by atoms with Gasteiger partial charge in [-0.25, -0.2) is 4.79 Å². The van der Waals surface area contributed by atoms with Gasteiger partial charge in [-0.1, -0.05) is 13.8 Å². The third-order valence-electron chi connectivity index (χ3n) is 2.32. The molecule has 0 heterocycles. The highest BCUT2D eigenvalue weighted by molar-refractivity contribution is 5.96. The van der Waals surface area contributed by atoms with Crippen molar-refractivity contribution in [2.24, 2.45) is 5.92 Å². The maximum Gasteiger partial charge on any atom is 0.321 e. The standard InChI is InChI=1S/C10H21N3O3/c1-6(2)8(5-14)12-7(3)9(15)13-10(16)11-4/h6-8,12,14H,5H2,1-4H3,(H2,11,13,15,16)/t7?,8-/m1/s1. The molecule has 0 rings (SSSR count). The van der Waals surface area contributed by atoms with Crippen molar-refractivity contribution in [3.05, 3.63) is 0 Å². The molecule has 0 saturated carbocycles. The number of aliphatic hydroxyl groups is 1. The van der Waals surface area contributed by atoms with Gasteiger partial charge in [0.05, 0.1) is 12.6 Å². The van der Waals surface area contributed by atoms with Crippen LogP contribution in [0.3, 0.4) is 0 Å². The number of hydrogen-bond donors (Lipinski definition) is 4. The van der Waals surface area contributed by atoms with Gasteiger partial charge in [0.25, 0.3) is 0 Å². The monoisotopic (exact) mass is 231 g/mol. The van der Waals surface area contributed by atoms with Crippen molar-refractivity contribution < 1.29 is 14.7 Å². The molecular formula is C10H21N3O3. The number of hydrogen-bond acceptors (Lipinski definition) is 4. The molecule has 94 valence electrons. The average molecular weight is 231 g/mol. The van der Waals surface area contributed by atoms with Crippen LogP contribution in [0.1, 0.15) is 20.8 Å². The summed E-state index contributed by atoms with van der Waals surface area (Å²) in [7, 11) is 1.44. The van der Waals surface area contributed by atoms with Gasteiger partial charge in [0.2, 0.25) is 5.91 Å². The highest BCUT2D eigenvalue weighted by atomic mass is 16.3. The lowest BCUT2D eigenvalue weighted by atomic mass is 10.0. The number of rotatable bonds is 5. The van der Waals surface area contributed by atoms with E-state index in [1.165, 1.54) is 7.05 Å². The van der Waals surface area contributed by atoms with Gasteiger partial charge in [-0.05, 0) is 12.8 Å². The Morgan fingerprint density at radius 2 is 1.81 bits per heavy atom. The molecule has 0 saturated heterocycles. The quantitative estimate of drug-likeness (QED) is 0.510. The Balaban J connectivity index is 4.18. The van der Waals surface area contributed by atoms with Crippen LogP contribution < -0.4 is 16.0 Å². The Hall–Kier alpha value is -1.14. The molecule has 0 aliphatic heterocycles. The molecule has 0 bridgehead atoms. The van der Waals surface area contributed by atoms with Crippen LogP contribution >= 0.6 is 0 Å². The van der Waals surface area contributed by atoms with E-state index in [1.54, 1.807) is 6.92 Å². The largest absolute Gasteiger partial charge is 0.395 e. The van der Waals surface area contributed by atoms with E-state index in [9.17, 15) is 9.59 Å². The third kappa shape index (κ3) is 5.09. The maximum absolute atomic E-state index is 11.5. The molecule has 16 heavy (non-hydrogen) atoms. The number of nitrogens with one attached hydrogen (secondary N) is 3. The fourth-order valence-corrected chi connectivity index (χ4v) is 1.14. The molecule has 0 aliphatic carbocycles. The van der Waals surface area contributed by atoms with Crippen LogP contribution in [-0.4, -0.2) is 42.8 Å². The Kier molecular flexibility index (Phi) is 6.67. The summed E-state index contributed by atoms with van der Waals surface area (Å²) in [5.74, 6) is -0.210. The molecule has 0 radical (unpaired) electrons. The predicted octanol–water partition coefficient (Wildman–Crippen LogP) is -0.563. The summed E-state index contributed by atoms with van der Waals surface area (Å²) in [4.78, 5) is 22.4. The van der Waals surface area contributed by atoms with Gasteiger partial charge in [-0.2, -0.15) is 0 Å². The number of imide groups is 1. The molecule has 0 aromatic rings. The zero-order valence-electron chi connectivity index (χ0n) is 10.2. The Labute approximate surface area is 95.8 Å². The van der Waals surface area contributed by atoms with Crippen molar-refractivity contribution in [1.82, 2.24) is 16.0 Å². The zero-order chi connectivity index (χ0) is 12.7. The van der Waals surface area contributed by atoms with Crippen molar-refractivity contribution in [2.45, 2.75) is 32.9 Å². The van der Waals surface area contributed by atoms with Crippen LogP contribution in [-0.2, 0) is 4.79 Å². The van der Waals surface area contributed by atoms with Crippen molar-refractivity contribution in [2.75, 3.05) is 13.7 Å². The van der Waals surface area contributed by atoms with Crippen molar-refractivity contribution in [1.29, 1.82) is 0 Å². The molecular weight excluding hydrogens is 210 g/mol. The van der Waals surface area contributed by atoms with E-state index in [2.05, 4.69) is 16.0 Å². The van der Waals surface area contributed by atoms with Crippen LogP contribution in [0.25, 0.3) is 0 Å². The molecule has 6 nitrogen and oxygen atoms in total. The van der Waals surface area contributed by atoms with Crippen LogP contribution in [0.5, 0.6) is 0 Å². The summed E-state index contributed by atoms with van der Waals surface area (Å²) >= 11 is 0. The minimum atomic E-state index is -0.538. The maximum atomic E-state index is 11.5. The molecule has 0 aromatic heterocycles. The number of aliphatic hydroxyl groups excluding tert-OH is 1. The highest BCUT2D eigenvalue weighted by Crippen LogP contribution is 2.01. The summed E-state index contributed by atoms with van der Waals surface area (Å²) in [5.41, 5.74) is 0. The predicted molar refractivity (Wildman–Crippen MR) is 60.9 cm³/mol. The summed E-state index contributed by atoms with van der Waals surface area (Å²) < 4.78 is 0. The highest BCUT2D eigenvalue weighted by Gasteiger charge is 2.20. The lowest BCUT2D eigenvalue weighted by Gasteiger charge is -2.23. The summed E-state index contributed by atoms with van der Waals surface area (Å²) in [5, 5.41) is 16.5. The van der Waals surface area contributed by atoms with E-state index < -0.39 is 18.0 Å². The average Bonchev–Trinajstić information content (AvgIpc) is 2.24. The molecule has 0 spiro atoms. The summed E-state index contributed by atoms with van der Waals surface area (Å²) in [6, 6.07) is -1.23. The Bertz CT molecular complexity index is 243. The fraction of sp³-hybridized carbons (Fsp3) is 0.800. The van der Waals surface area contributed by atoms with Gasteiger partial charge in [-0.3, -0.25) is 10.1 Å². The van der Waals surface area contributed by atoms with E-state index in [0.717, 1.165) is 0 Å². The molecule has 6 heteroatoms. The molecule has 2 atom stereocenters. The SMILES string of the molecule is CNC(=O)NC(=O)C(C)N[C@H](CO)C(C)C. The van der Waals surface area contributed by atoms with Crippen molar-refractivity contribution in [3.63, 3.8) is 0 Å². The first kappa shape index (κ1) is 14.9. The molecule has 3 amide bonds. The first-order valence-electron chi connectivity index (χ1n) is 5.31. The third-order valence-corrected chi connectivity index (χ3v) is 2.32. The van der Waals surface area contributed by atoms with Crippen molar-refractivity contribution in [3.8, 4) is 0 Å². The van der Waals surface area contributed by atoms with Crippen LogP contribution in [0.4, 0.5) is 4.79 Å². The van der Waals surface area contributed by atoms with E-state index in [0.29, 0.717) is 0 Å². The van der Waals surface area contributed by atoms with Gasteiger partial charge in [0.1, 0.15) is 0 Å². The Morgan fingerprint density at radius 3 is 2.19 bits per heavy atom. The van der Waals surface area contributed by atoms with E-state index in [1.807, 2.05) is 13.8 Å². The van der Waals surface area contributed by atoms with Crippen LogP contribution in [0.2, 0.25) is 0 Å². The van der Waals surface area contributed by atoms with Gasteiger partial charge < -0.3 is 15.7 Å². The molecule has 1 unspecified atom stereocenters. The first-order chi connectivity index (χ1) is 7.42. The van der Waals surface area contributed by atoms with Gasteiger partial charge >= 0.3 is 6.03 Å². The van der Waals surface area contributed by atoms with E-state index >= 15 is 0 Å². The molecule has 0 aliphatic rings. The topological polar surface area (TPSA) is 90.5 Å². The second-order valence-corrected chi connectivity index (χ2v) is 3.99. The van der Waals surface area contributed by atoms with E-state index in [-0.39, 0.29) is 18.6 Å². The molecule has 0 fully saturated rings. The number of amides is 3. The minimum absolute atomic E-state index is 0.0464. The Morgan fingerprint density at radius 1 is 1.25 bits per heavy atom. The first-order valence-corrected chi connectivity index (χ1v) is 5.31. The molecule has 0 aromatic carbocycles. The number of urea groups is 1. The lowest BCUT2D eigenvalue weighted by Crippen LogP contribution is -2.52. The van der Waals surface area contributed by atoms with Gasteiger partial charge in [-0.15, -0.1) is 0 Å². The minimum Gasteiger partial charge on any atom is -0.395 e. The number of carbonyl (C=O) groups is 2. The lowest BCUT2D eigenvalue weighted by molar-refractivity contribution is -0.122. The normalized spacial score (nSPS) is 14.4. The summed E-state index contributed by atoms with van der Waals surface area (Å²) in [6.45, 7) is 5.48. The van der Waals surface area contributed by atoms with Gasteiger partial charge in [0.15, 0.2) is 0 Å². The number of carbonyl (C=O) groups excluding carboxylic acids is 2. The summed E-state index contributed by atoms with van der Waals surface area (Å²) in [6.07, 6.45) is 0. The van der Waals surface area contributed by atoms with Crippen LogP contribution in [0, 0.1) is 5.92 Å². The molecule has 4 N–H and O–H groups in total. The van der Waals surface area contributed by atoms with Crippen LogP contribution in [0.15, 0.2) is 0 Å².